The molecule has 2 atom stereocenters. The third-order valence-corrected chi connectivity index (χ3v) is 8.49. The lowest BCUT2D eigenvalue weighted by atomic mass is 9.98. The van der Waals surface area contributed by atoms with Crippen molar-refractivity contribution in [1.29, 1.82) is 5.41 Å². The molecular formula is C29H37N5O8S. The number of carbonyl (C=O) groups is 3. The zero-order valence-electron chi connectivity index (χ0n) is 24.0. The van der Waals surface area contributed by atoms with Crippen LogP contribution in [0.1, 0.15) is 42.5 Å². The van der Waals surface area contributed by atoms with Crippen LogP contribution in [-0.4, -0.2) is 79.2 Å². The van der Waals surface area contributed by atoms with Crippen LogP contribution in [0.15, 0.2) is 59.0 Å². The van der Waals surface area contributed by atoms with Gasteiger partial charge in [-0.2, -0.15) is 4.72 Å². The average Bonchev–Trinajstić information content (AvgIpc) is 2.96. The Morgan fingerprint density at radius 1 is 1.19 bits per heavy atom. The Morgan fingerprint density at radius 3 is 2.58 bits per heavy atom. The number of amides is 1. The smallest absolute Gasteiger partial charge is 0.464 e. The van der Waals surface area contributed by atoms with Gasteiger partial charge in [0.25, 0.3) is 0 Å². The van der Waals surface area contributed by atoms with E-state index < -0.39 is 40.1 Å². The van der Waals surface area contributed by atoms with Gasteiger partial charge in [0.1, 0.15) is 17.9 Å². The topological polar surface area (TPSA) is 212 Å². The quantitative estimate of drug-likeness (QED) is 0.104. The van der Waals surface area contributed by atoms with Gasteiger partial charge in [-0.1, -0.05) is 35.9 Å². The van der Waals surface area contributed by atoms with Gasteiger partial charge in [-0.15, -0.1) is 0 Å². The summed E-state index contributed by atoms with van der Waals surface area (Å²) >= 11 is 0. The van der Waals surface area contributed by atoms with Crippen LogP contribution in [0.2, 0.25) is 0 Å². The molecule has 2 aliphatic heterocycles. The van der Waals surface area contributed by atoms with E-state index in [2.05, 4.69) is 10.0 Å². The molecule has 0 aliphatic carbocycles. The Balaban J connectivity index is 0.00000119. The Morgan fingerprint density at radius 2 is 1.91 bits per heavy atom. The van der Waals surface area contributed by atoms with E-state index in [0.717, 1.165) is 29.7 Å². The molecule has 0 saturated heterocycles. The lowest BCUT2D eigenvalue weighted by Crippen LogP contribution is -2.56. The van der Waals surface area contributed by atoms with Crippen LogP contribution in [0, 0.1) is 5.41 Å². The van der Waals surface area contributed by atoms with E-state index in [9.17, 15) is 18.0 Å². The summed E-state index contributed by atoms with van der Waals surface area (Å²) in [5, 5.41) is 24.9. The summed E-state index contributed by atoms with van der Waals surface area (Å²) in [5.41, 5.74) is 9.68. The highest BCUT2D eigenvalue weighted by Gasteiger charge is 2.38. The first kappa shape index (κ1) is 33.2. The van der Waals surface area contributed by atoms with E-state index in [1.165, 1.54) is 4.90 Å². The van der Waals surface area contributed by atoms with Gasteiger partial charge in [0, 0.05) is 18.7 Å². The molecule has 43 heavy (non-hydrogen) atoms. The van der Waals surface area contributed by atoms with Crippen LogP contribution in [0.5, 0.6) is 0 Å². The molecule has 1 amide bonds. The summed E-state index contributed by atoms with van der Waals surface area (Å²) in [6, 6.07) is 9.71. The molecule has 0 fully saturated rings. The van der Waals surface area contributed by atoms with E-state index in [1.807, 2.05) is 19.1 Å². The molecule has 0 aromatic heterocycles. The Kier molecular flexibility index (Phi) is 11.4. The van der Waals surface area contributed by atoms with Gasteiger partial charge in [-0.05, 0) is 74.5 Å². The number of esters is 1. The number of nitrogens with zero attached hydrogens (tertiary/aromatic N) is 1. The summed E-state index contributed by atoms with van der Waals surface area (Å²) < 4.78 is 35.0. The molecule has 14 heteroatoms. The summed E-state index contributed by atoms with van der Waals surface area (Å²) in [7, 11) is -4.11. The van der Waals surface area contributed by atoms with E-state index in [0.29, 0.717) is 24.1 Å². The monoisotopic (exact) mass is 615 g/mol. The lowest BCUT2D eigenvalue weighted by Gasteiger charge is -2.35. The van der Waals surface area contributed by atoms with Crippen molar-refractivity contribution in [2.75, 3.05) is 19.7 Å². The van der Waals surface area contributed by atoms with Crippen molar-refractivity contribution >= 4 is 33.9 Å². The summed E-state index contributed by atoms with van der Waals surface area (Å²) in [6.45, 7) is 5.30. The first-order valence-corrected chi connectivity index (χ1v) is 15.1. The van der Waals surface area contributed by atoms with Crippen molar-refractivity contribution in [2.45, 2.75) is 56.6 Å². The minimum absolute atomic E-state index is 0.000418. The van der Waals surface area contributed by atoms with Crippen molar-refractivity contribution in [1.82, 2.24) is 14.9 Å². The maximum absolute atomic E-state index is 14.0. The number of hydrogen-bond donors (Lipinski definition) is 6. The minimum atomic E-state index is -4.11. The highest BCUT2D eigenvalue weighted by atomic mass is 32.2. The zero-order valence-corrected chi connectivity index (χ0v) is 24.8. The van der Waals surface area contributed by atoms with Crippen molar-refractivity contribution < 1.29 is 37.8 Å². The molecule has 2 heterocycles. The Labute approximate surface area is 250 Å². The number of carbonyl (C=O) groups excluding carboxylic acids is 2. The van der Waals surface area contributed by atoms with E-state index in [4.69, 9.17) is 30.9 Å². The summed E-state index contributed by atoms with van der Waals surface area (Å²) in [4.78, 5) is 36.8. The molecule has 0 unspecified atom stereocenters. The van der Waals surface area contributed by atoms with Crippen molar-refractivity contribution in [3.63, 3.8) is 0 Å². The van der Waals surface area contributed by atoms with Crippen molar-refractivity contribution in [3.8, 4) is 0 Å². The summed E-state index contributed by atoms with van der Waals surface area (Å²) in [6.07, 6.45) is 1.14. The first-order valence-electron chi connectivity index (χ1n) is 13.6. The van der Waals surface area contributed by atoms with Crippen molar-refractivity contribution in [2.24, 2.45) is 5.73 Å². The molecule has 232 valence electrons. The number of amidine groups is 1. The van der Waals surface area contributed by atoms with Gasteiger partial charge in [-0.3, -0.25) is 10.2 Å². The van der Waals surface area contributed by atoms with E-state index in [-0.39, 0.29) is 30.3 Å². The number of fused-ring (bicyclic) bond motifs is 1. The van der Waals surface area contributed by atoms with Crippen LogP contribution in [0.3, 0.4) is 0 Å². The fraction of sp³-hybridized carbons (Fsp3) is 0.379. The normalized spacial score (nSPS) is 16.9. The number of hydrogen-bond acceptors (Lipinski definition) is 8. The van der Waals surface area contributed by atoms with Crippen LogP contribution >= 0.6 is 0 Å². The molecule has 2 aromatic carbocycles. The van der Waals surface area contributed by atoms with Gasteiger partial charge in [0.15, 0.2) is 0 Å². The fourth-order valence-electron chi connectivity index (χ4n) is 4.93. The third-order valence-electron chi connectivity index (χ3n) is 7.02. The number of ether oxygens (including phenoxy) is 1. The van der Waals surface area contributed by atoms with Crippen LogP contribution in [-0.2, 0) is 43.7 Å². The molecule has 0 spiro atoms. The minimum Gasteiger partial charge on any atom is -0.464 e. The number of nitrogen functional groups attached to an aromatic ring is 1. The maximum atomic E-state index is 14.0. The molecule has 7 N–H and O–H groups in total. The van der Waals surface area contributed by atoms with Crippen LogP contribution in [0.4, 0.5) is 4.79 Å². The molecule has 0 saturated carbocycles. The van der Waals surface area contributed by atoms with Gasteiger partial charge in [0.05, 0.1) is 11.5 Å². The Hall–Kier alpha value is -4.27. The number of sulfonamides is 1. The van der Waals surface area contributed by atoms with Crippen LogP contribution in [0.25, 0.3) is 0 Å². The molecule has 0 bridgehead atoms. The fourth-order valence-corrected chi connectivity index (χ4v) is 6.17. The second-order valence-corrected chi connectivity index (χ2v) is 11.9. The number of rotatable bonds is 9. The number of nitrogens with one attached hydrogen (secondary N) is 3. The number of carboxylic acid groups (broad SMARTS) is 2. The van der Waals surface area contributed by atoms with Crippen molar-refractivity contribution in [3.05, 3.63) is 76.4 Å². The highest BCUT2D eigenvalue weighted by Crippen LogP contribution is 2.23. The number of benzene rings is 2. The predicted octanol–water partition coefficient (Wildman–Crippen LogP) is 1.84. The predicted molar refractivity (Wildman–Crippen MR) is 158 cm³/mol. The summed E-state index contributed by atoms with van der Waals surface area (Å²) in [5.74, 6) is -1.20. The second-order valence-electron chi connectivity index (χ2n) is 10.1. The zero-order chi connectivity index (χ0) is 31.7. The first-order chi connectivity index (χ1) is 20.3. The Bertz CT molecular complexity index is 1500. The van der Waals surface area contributed by atoms with Gasteiger partial charge >= 0.3 is 12.1 Å². The van der Waals surface area contributed by atoms with Gasteiger partial charge < -0.3 is 30.9 Å². The van der Waals surface area contributed by atoms with Gasteiger partial charge in [-0.25, -0.2) is 18.0 Å². The van der Waals surface area contributed by atoms with E-state index in [1.54, 1.807) is 43.3 Å². The lowest BCUT2D eigenvalue weighted by molar-refractivity contribution is -0.155. The maximum Gasteiger partial charge on any atom is 0.503 e. The third kappa shape index (κ3) is 9.11. The largest absolute Gasteiger partial charge is 0.503 e. The highest BCUT2D eigenvalue weighted by molar-refractivity contribution is 7.89. The molecular weight excluding hydrogens is 578 g/mol. The van der Waals surface area contributed by atoms with E-state index >= 15 is 0 Å². The standard InChI is InChI=1S/C28H35N5O5S.CH2O3/c1-3-38-28(35)25-13-18(2)10-12-33(25)27(34)24(15-19-5-4-6-21(14-19)26(29)30)32-39(36,37)23-8-7-20-9-11-31-17-22(20)16-23;2-1(3)4/h4-8,10,14,16,24-25,31-32H,3,9,11-13,15,17H2,1-2H3,(H3,29,30);(H2,2,3,4)/t24-,25+;/m0./s1. The molecule has 0 radical (unpaired) electrons. The average molecular weight is 616 g/mol. The SMILES string of the molecule is CCOC(=O)[C@H]1CC(C)=CCN1C(=O)[C@H](Cc1cccc(C(=N)N)c1)NS(=O)(=O)c1ccc2c(c1)CNCC2.O=C(O)O. The second kappa shape index (κ2) is 14.8. The number of nitrogens with two attached hydrogens (primary N) is 1. The molecule has 4 rings (SSSR count). The van der Waals surface area contributed by atoms with Gasteiger partial charge in [0.2, 0.25) is 15.9 Å². The molecule has 2 aliphatic rings. The molecule has 2 aromatic rings. The van der Waals surface area contributed by atoms with Crippen LogP contribution < -0.4 is 15.8 Å². The molecule has 13 nitrogen and oxygen atoms in total.